The van der Waals surface area contributed by atoms with Crippen LogP contribution in [0.4, 0.5) is 0 Å². The van der Waals surface area contributed by atoms with Crippen molar-refractivity contribution < 1.29 is 18.7 Å². The first kappa shape index (κ1) is 20.9. The van der Waals surface area contributed by atoms with Crippen LogP contribution in [-0.4, -0.2) is 22.9 Å². The Hall–Kier alpha value is -2.86. The lowest BCUT2D eigenvalue weighted by atomic mass is 10.0. The Labute approximate surface area is 174 Å². The fourth-order valence-corrected chi connectivity index (χ4v) is 3.16. The second kappa shape index (κ2) is 8.66. The lowest BCUT2D eigenvalue weighted by molar-refractivity contribution is -0.148. The summed E-state index contributed by atoms with van der Waals surface area (Å²) in [6, 6.07) is 8.17. The minimum Gasteiger partial charge on any atom is -0.459 e. The normalized spacial score (nSPS) is 12.2. The highest BCUT2D eigenvalue weighted by atomic mass is 35.5. The molecule has 0 spiro atoms. The van der Waals surface area contributed by atoms with Gasteiger partial charge in [-0.15, -0.1) is 0 Å². The third kappa shape index (κ3) is 4.59. The molecule has 0 aliphatic rings. The number of amides is 1. The molecule has 1 N–H and O–H groups in total. The average Bonchev–Trinajstić information content (AvgIpc) is 3.22. The zero-order valence-corrected chi connectivity index (χ0v) is 17.5. The number of nitrogens with one attached hydrogen (secondary N) is 1. The van der Waals surface area contributed by atoms with Gasteiger partial charge in [-0.3, -0.25) is 4.79 Å². The van der Waals surface area contributed by atoms with E-state index in [-0.39, 0.29) is 18.3 Å². The van der Waals surface area contributed by atoms with Gasteiger partial charge in [0.2, 0.25) is 0 Å². The van der Waals surface area contributed by atoms with Crippen molar-refractivity contribution >= 4 is 34.4 Å². The van der Waals surface area contributed by atoms with E-state index in [4.69, 9.17) is 20.8 Å². The molecule has 1 aromatic carbocycles. The second-order valence-electron chi connectivity index (χ2n) is 7.30. The minimum atomic E-state index is -0.815. The monoisotopic (exact) mass is 414 g/mol. The van der Waals surface area contributed by atoms with Crippen molar-refractivity contribution in [3.05, 3.63) is 64.2 Å². The molecular weight excluding hydrogens is 392 g/mol. The molecule has 29 heavy (non-hydrogen) atoms. The molecule has 0 fully saturated rings. The van der Waals surface area contributed by atoms with Crippen LogP contribution < -0.4 is 5.32 Å². The quantitative estimate of drug-likeness (QED) is 0.471. The van der Waals surface area contributed by atoms with Crippen molar-refractivity contribution in [3.63, 3.8) is 0 Å². The van der Waals surface area contributed by atoms with Gasteiger partial charge in [-0.1, -0.05) is 37.6 Å². The maximum absolute atomic E-state index is 12.6. The summed E-state index contributed by atoms with van der Waals surface area (Å²) >= 11 is 6.32. The first-order chi connectivity index (χ1) is 13.8. The molecule has 0 saturated carbocycles. The minimum absolute atomic E-state index is 0.0344. The van der Waals surface area contributed by atoms with E-state index in [0.29, 0.717) is 10.7 Å². The number of aryl methyl sites for hydroxylation is 2. The van der Waals surface area contributed by atoms with Crippen molar-refractivity contribution in [3.8, 4) is 0 Å². The van der Waals surface area contributed by atoms with Gasteiger partial charge in [-0.25, -0.2) is 9.78 Å². The van der Waals surface area contributed by atoms with Gasteiger partial charge in [0.05, 0.1) is 11.8 Å². The van der Waals surface area contributed by atoms with Crippen molar-refractivity contribution in [2.45, 2.75) is 40.3 Å². The van der Waals surface area contributed by atoms with Crippen molar-refractivity contribution in [1.29, 1.82) is 0 Å². The number of carbonyl (C=O) groups excluding carboxylic acids is 2. The molecule has 1 atom stereocenters. The van der Waals surface area contributed by atoms with E-state index in [9.17, 15) is 9.59 Å². The maximum Gasteiger partial charge on any atom is 0.329 e. The number of rotatable bonds is 6. The van der Waals surface area contributed by atoms with Gasteiger partial charge in [-0.2, -0.15) is 0 Å². The number of ether oxygens (including phenoxy) is 1. The van der Waals surface area contributed by atoms with E-state index in [2.05, 4.69) is 10.3 Å². The number of pyridine rings is 1. The maximum atomic E-state index is 12.6. The fraction of sp³-hybridized carbons (Fsp3) is 0.318. The van der Waals surface area contributed by atoms with E-state index >= 15 is 0 Å². The first-order valence-corrected chi connectivity index (χ1v) is 9.72. The molecule has 1 amide bonds. The summed E-state index contributed by atoms with van der Waals surface area (Å²) in [5, 5.41) is 3.87. The Balaban J connectivity index is 1.73. The number of hydrogen-bond acceptors (Lipinski definition) is 5. The highest BCUT2D eigenvalue weighted by Gasteiger charge is 2.27. The van der Waals surface area contributed by atoms with Gasteiger partial charge in [0.15, 0.2) is 5.76 Å². The third-order valence-electron chi connectivity index (χ3n) is 4.86. The first-order valence-electron chi connectivity index (χ1n) is 9.34. The van der Waals surface area contributed by atoms with Crippen LogP contribution in [-0.2, 0) is 16.1 Å². The van der Waals surface area contributed by atoms with E-state index in [1.165, 1.54) is 12.3 Å². The van der Waals surface area contributed by atoms with Crippen LogP contribution in [0.25, 0.3) is 10.9 Å². The molecule has 0 saturated heterocycles. The van der Waals surface area contributed by atoms with Crippen LogP contribution in [0.5, 0.6) is 0 Å². The van der Waals surface area contributed by atoms with Crippen molar-refractivity contribution in [1.82, 2.24) is 10.3 Å². The van der Waals surface area contributed by atoms with Gasteiger partial charge in [-0.05, 0) is 49.1 Å². The molecule has 3 aromatic rings. The number of furan rings is 1. The molecule has 2 heterocycles. The van der Waals surface area contributed by atoms with Crippen LogP contribution in [0.1, 0.15) is 41.1 Å². The Morgan fingerprint density at radius 2 is 2.00 bits per heavy atom. The number of aromatic nitrogens is 1. The Bertz CT molecular complexity index is 1040. The van der Waals surface area contributed by atoms with E-state index in [1.54, 1.807) is 6.07 Å². The third-order valence-corrected chi connectivity index (χ3v) is 5.19. The summed E-state index contributed by atoms with van der Waals surface area (Å²) in [6.07, 6.45) is 1.40. The number of nitrogens with zero attached hydrogens (tertiary/aromatic N) is 1. The number of esters is 1. The fourth-order valence-electron chi connectivity index (χ4n) is 2.96. The highest BCUT2D eigenvalue weighted by Crippen LogP contribution is 2.25. The smallest absolute Gasteiger partial charge is 0.329 e. The van der Waals surface area contributed by atoms with Crippen molar-refractivity contribution in [2.75, 3.05) is 0 Å². The van der Waals surface area contributed by atoms with E-state index < -0.39 is 17.9 Å². The molecule has 0 aliphatic heterocycles. The lowest BCUT2D eigenvalue weighted by Crippen LogP contribution is -2.45. The summed E-state index contributed by atoms with van der Waals surface area (Å²) < 4.78 is 10.5. The molecule has 0 unspecified atom stereocenters. The molecule has 3 rings (SSSR count). The predicted molar refractivity (Wildman–Crippen MR) is 111 cm³/mol. The number of halogens is 1. The molecule has 152 valence electrons. The van der Waals surface area contributed by atoms with Gasteiger partial charge < -0.3 is 14.5 Å². The summed E-state index contributed by atoms with van der Waals surface area (Å²) in [7, 11) is 0. The predicted octanol–water partition coefficient (Wildman–Crippen LogP) is 4.60. The Morgan fingerprint density at radius 1 is 1.24 bits per heavy atom. The topological polar surface area (TPSA) is 81.4 Å². The largest absolute Gasteiger partial charge is 0.459 e. The van der Waals surface area contributed by atoms with Gasteiger partial charge >= 0.3 is 5.97 Å². The van der Waals surface area contributed by atoms with E-state index in [1.807, 2.05) is 45.9 Å². The highest BCUT2D eigenvalue weighted by molar-refractivity contribution is 6.30. The van der Waals surface area contributed by atoms with Crippen LogP contribution in [0.15, 0.2) is 41.0 Å². The number of hydrogen-bond donors (Lipinski definition) is 1. The van der Waals surface area contributed by atoms with Gasteiger partial charge in [0, 0.05) is 10.9 Å². The molecule has 2 aromatic heterocycles. The average molecular weight is 415 g/mol. The molecule has 0 radical (unpaired) electrons. The molecular formula is C22H23ClN2O4. The second-order valence-corrected chi connectivity index (χ2v) is 7.66. The summed E-state index contributed by atoms with van der Waals surface area (Å²) in [5.41, 5.74) is 3.63. The van der Waals surface area contributed by atoms with Crippen LogP contribution in [0.2, 0.25) is 5.15 Å². The lowest BCUT2D eigenvalue weighted by Gasteiger charge is -2.20. The summed E-state index contributed by atoms with van der Waals surface area (Å²) in [5.74, 6) is -1.05. The van der Waals surface area contributed by atoms with E-state index in [0.717, 1.165) is 22.0 Å². The number of benzene rings is 1. The number of carbonyl (C=O) groups is 2. The summed E-state index contributed by atoms with van der Waals surface area (Å²) in [4.78, 5) is 29.3. The Morgan fingerprint density at radius 3 is 2.66 bits per heavy atom. The standard InChI is InChI=1S/C22H23ClN2O4/c1-12(2)18(25-21(26)17-6-5-9-28-17)22(27)29-11-16-10-15-8-7-13(3)14(4)19(15)24-20(16)23/h5-10,12,18H,11H2,1-4H3,(H,25,26)/t18-/m0/s1. The molecule has 6 nitrogen and oxygen atoms in total. The SMILES string of the molecule is Cc1ccc2cc(COC(=O)[C@@H](NC(=O)c3ccco3)C(C)C)c(Cl)nc2c1C. The molecule has 0 aliphatic carbocycles. The molecule has 0 bridgehead atoms. The van der Waals surface area contributed by atoms with Gasteiger partial charge in [0.1, 0.15) is 17.8 Å². The summed E-state index contributed by atoms with van der Waals surface area (Å²) in [6.45, 7) is 7.63. The number of fused-ring (bicyclic) bond motifs is 1. The van der Waals surface area contributed by atoms with Gasteiger partial charge in [0.25, 0.3) is 5.91 Å². The zero-order chi connectivity index (χ0) is 21.1. The van der Waals surface area contributed by atoms with Crippen LogP contribution in [0.3, 0.4) is 0 Å². The van der Waals surface area contributed by atoms with Crippen molar-refractivity contribution in [2.24, 2.45) is 5.92 Å². The van der Waals surface area contributed by atoms with Crippen LogP contribution >= 0.6 is 11.6 Å². The van der Waals surface area contributed by atoms with Crippen LogP contribution in [0, 0.1) is 19.8 Å². The molecule has 7 heteroatoms. The Kier molecular flexibility index (Phi) is 6.23. The zero-order valence-electron chi connectivity index (χ0n) is 16.8.